The molecule has 0 saturated carbocycles. The average molecular weight is 370 g/mol. The minimum atomic E-state index is -0.668. The van der Waals surface area contributed by atoms with Crippen molar-refractivity contribution in [3.8, 4) is 0 Å². The van der Waals surface area contributed by atoms with E-state index in [0.29, 0.717) is 0 Å². The minimum Gasteiger partial charge on any atom is -0.272 e. The van der Waals surface area contributed by atoms with Gasteiger partial charge in [-0.25, -0.2) is 0 Å². The maximum atomic E-state index is 11.2. The summed E-state index contributed by atoms with van der Waals surface area (Å²) in [7, 11) is 0. The third kappa shape index (κ3) is 5.10. The molecule has 0 unspecified atom stereocenters. The zero-order valence-electron chi connectivity index (χ0n) is 15.3. The summed E-state index contributed by atoms with van der Waals surface area (Å²) in [6, 6.07) is 13.5. The number of hydrogen-bond donors (Lipinski definition) is 1. The molecule has 2 rings (SSSR count). The van der Waals surface area contributed by atoms with Crippen LogP contribution in [-0.2, 0) is 6.42 Å². The molecular weight excluding hydrogens is 348 g/mol. The maximum absolute atomic E-state index is 11.2. The molecule has 0 aliphatic rings. The van der Waals surface area contributed by atoms with Gasteiger partial charge in [-0.15, -0.1) is 0 Å². The fourth-order valence-electron chi connectivity index (χ4n) is 2.85. The van der Waals surface area contributed by atoms with Gasteiger partial charge >= 0.3 is 5.69 Å². The first-order chi connectivity index (χ1) is 12.9. The molecule has 142 valence electrons. The second kappa shape index (κ2) is 8.88. The van der Waals surface area contributed by atoms with Crippen molar-refractivity contribution in [1.29, 1.82) is 0 Å². The van der Waals surface area contributed by atoms with Gasteiger partial charge in [0.05, 0.1) is 15.9 Å². The molecule has 0 aliphatic heterocycles. The second-order valence-corrected chi connectivity index (χ2v) is 6.32. The fraction of sp³-hybridized carbons (Fsp3) is 0.316. The van der Waals surface area contributed by atoms with E-state index >= 15 is 0 Å². The number of rotatable bonds is 9. The van der Waals surface area contributed by atoms with Crippen LogP contribution in [0.15, 0.2) is 53.6 Å². The van der Waals surface area contributed by atoms with Crippen molar-refractivity contribution in [3.05, 3.63) is 74.3 Å². The lowest BCUT2D eigenvalue weighted by Crippen LogP contribution is -2.24. The lowest BCUT2D eigenvalue weighted by atomic mass is 9.78. The zero-order valence-corrected chi connectivity index (χ0v) is 15.3. The molecule has 0 spiro atoms. The summed E-state index contributed by atoms with van der Waals surface area (Å²) in [4.78, 5) is 20.7. The van der Waals surface area contributed by atoms with Crippen LogP contribution < -0.4 is 5.43 Å². The molecule has 2 aromatic rings. The summed E-state index contributed by atoms with van der Waals surface area (Å²) in [6.45, 7) is 4.15. The molecule has 0 heterocycles. The van der Waals surface area contributed by atoms with Crippen LogP contribution in [0.4, 0.5) is 17.1 Å². The van der Waals surface area contributed by atoms with Gasteiger partial charge in [0.2, 0.25) is 0 Å². The Morgan fingerprint density at radius 1 is 1.04 bits per heavy atom. The standard InChI is InChI=1S/C19H22N4O4/c1-3-19(4-2,13-15-8-6-5-7-9-15)14-20-21-17-11-10-16(22(24)25)12-18(17)23(26)27/h5-12,14,21H,3-4,13H2,1-2H3. The Labute approximate surface area is 157 Å². The average Bonchev–Trinajstić information content (AvgIpc) is 2.67. The molecule has 27 heavy (non-hydrogen) atoms. The van der Waals surface area contributed by atoms with Gasteiger partial charge in [0.15, 0.2) is 0 Å². The van der Waals surface area contributed by atoms with Gasteiger partial charge < -0.3 is 0 Å². The quantitative estimate of drug-likeness (QED) is 0.381. The molecule has 0 amide bonds. The molecule has 0 fully saturated rings. The van der Waals surface area contributed by atoms with Crippen LogP contribution in [0.25, 0.3) is 0 Å². The van der Waals surface area contributed by atoms with E-state index in [-0.39, 0.29) is 22.5 Å². The number of nitro benzene ring substituents is 2. The topological polar surface area (TPSA) is 111 Å². The van der Waals surface area contributed by atoms with Gasteiger partial charge in [-0.3, -0.25) is 25.7 Å². The van der Waals surface area contributed by atoms with E-state index in [9.17, 15) is 20.2 Å². The molecule has 2 aromatic carbocycles. The number of non-ortho nitro benzene ring substituents is 1. The third-order valence-corrected chi connectivity index (χ3v) is 4.72. The van der Waals surface area contributed by atoms with Gasteiger partial charge in [-0.2, -0.15) is 5.10 Å². The molecule has 0 aromatic heterocycles. The van der Waals surface area contributed by atoms with Crippen molar-refractivity contribution in [2.75, 3.05) is 5.43 Å². The number of benzene rings is 2. The predicted molar refractivity (Wildman–Crippen MR) is 105 cm³/mol. The highest BCUT2D eigenvalue weighted by Crippen LogP contribution is 2.31. The van der Waals surface area contributed by atoms with E-state index in [2.05, 4.69) is 36.5 Å². The first kappa shape index (κ1) is 20.0. The van der Waals surface area contributed by atoms with Crippen molar-refractivity contribution in [1.82, 2.24) is 0 Å². The third-order valence-electron chi connectivity index (χ3n) is 4.72. The van der Waals surface area contributed by atoms with Crippen molar-refractivity contribution < 1.29 is 9.85 Å². The number of nitro groups is 2. The van der Waals surface area contributed by atoms with Gasteiger partial charge in [0.25, 0.3) is 5.69 Å². The largest absolute Gasteiger partial charge is 0.301 e. The first-order valence-corrected chi connectivity index (χ1v) is 8.68. The summed E-state index contributed by atoms with van der Waals surface area (Å²) in [5.74, 6) is 0. The van der Waals surface area contributed by atoms with Crippen molar-refractivity contribution in [2.24, 2.45) is 10.5 Å². The SMILES string of the molecule is CCC(C=NNc1ccc([N+](=O)[O-])cc1[N+](=O)[O-])(CC)Cc1ccccc1. The molecule has 0 saturated heterocycles. The Morgan fingerprint density at radius 2 is 1.70 bits per heavy atom. The van der Waals surface area contributed by atoms with Gasteiger partial charge in [0.1, 0.15) is 5.69 Å². The molecule has 0 bridgehead atoms. The van der Waals surface area contributed by atoms with E-state index in [1.807, 2.05) is 18.2 Å². The number of anilines is 1. The Bertz CT molecular complexity index is 833. The van der Waals surface area contributed by atoms with Crippen molar-refractivity contribution >= 4 is 23.3 Å². The summed E-state index contributed by atoms with van der Waals surface area (Å²) < 4.78 is 0. The molecule has 0 aliphatic carbocycles. The minimum absolute atomic E-state index is 0.114. The van der Waals surface area contributed by atoms with E-state index in [1.165, 1.54) is 17.7 Å². The highest BCUT2D eigenvalue weighted by atomic mass is 16.6. The Kier molecular flexibility index (Phi) is 6.59. The molecular formula is C19H22N4O4. The molecule has 8 nitrogen and oxygen atoms in total. The highest BCUT2D eigenvalue weighted by molar-refractivity contribution is 5.70. The van der Waals surface area contributed by atoms with E-state index < -0.39 is 9.85 Å². The van der Waals surface area contributed by atoms with Crippen LogP contribution in [-0.4, -0.2) is 16.1 Å². The Hall–Kier alpha value is -3.29. The molecule has 0 radical (unpaired) electrons. The normalized spacial score (nSPS) is 11.5. The number of hydrogen-bond acceptors (Lipinski definition) is 6. The number of hydrazone groups is 1. The summed E-state index contributed by atoms with van der Waals surface area (Å²) in [6.07, 6.45) is 4.29. The fourth-order valence-corrected chi connectivity index (χ4v) is 2.85. The second-order valence-electron chi connectivity index (χ2n) is 6.32. The van der Waals surface area contributed by atoms with Crippen LogP contribution in [0.1, 0.15) is 32.3 Å². The monoisotopic (exact) mass is 370 g/mol. The number of nitrogens with zero attached hydrogens (tertiary/aromatic N) is 3. The maximum Gasteiger partial charge on any atom is 0.301 e. The van der Waals surface area contributed by atoms with Gasteiger partial charge in [0, 0.05) is 17.7 Å². The van der Waals surface area contributed by atoms with Crippen molar-refractivity contribution in [3.63, 3.8) is 0 Å². The first-order valence-electron chi connectivity index (χ1n) is 8.68. The van der Waals surface area contributed by atoms with Crippen molar-refractivity contribution in [2.45, 2.75) is 33.1 Å². The van der Waals surface area contributed by atoms with Crippen LogP contribution >= 0.6 is 0 Å². The van der Waals surface area contributed by atoms with Crippen LogP contribution in [0.3, 0.4) is 0 Å². The van der Waals surface area contributed by atoms with E-state index in [4.69, 9.17) is 0 Å². The lowest BCUT2D eigenvalue weighted by molar-refractivity contribution is -0.393. The molecule has 0 atom stereocenters. The number of nitrogens with one attached hydrogen (secondary N) is 1. The van der Waals surface area contributed by atoms with E-state index in [1.54, 1.807) is 6.21 Å². The van der Waals surface area contributed by atoms with E-state index in [0.717, 1.165) is 25.3 Å². The van der Waals surface area contributed by atoms with Crippen LogP contribution in [0.2, 0.25) is 0 Å². The zero-order chi connectivity index (χ0) is 19.9. The Balaban J connectivity index is 2.23. The van der Waals surface area contributed by atoms with Crippen LogP contribution in [0.5, 0.6) is 0 Å². The summed E-state index contributed by atoms with van der Waals surface area (Å²) >= 11 is 0. The van der Waals surface area contributed by atoms with Gasteiger partial charge in [-0.05, 0) is 30.9 Å². The summed E-state index contributed by atoms with van der Waals surface area (Å²) in [5.41, 5.74) is 3.07. The summed E-state index contributed by atoms with van der Waals surface area (Å²) in [5, 5.41) is 26.2. The Morgan fingerprint density at radius 3 is 2.26 bits per heavy atom. The molecule has 8 heteroatoms. The van der Waals surface area contributed by atoms with Crippen LogP contribution in [0, 0.1) is 25.6 Å². The predicted octanol–water partition coefficient (Wildman–Crippen LogP) is 4.95. The highest BCUT2D eigenvalue weighted by Gasteiger charge is 2.25. The lowest BCUT2D eigenvalue weighted by Gasteiger charge is -2.27. The molecule has 1 N–H and O–H groups in total. The van der Waals surface area contributed by atoms with Gasteiger partial charge in [-0.1, -0.05) is 44.2 Å². The smallest absolute Gasteiger partial charge is 0.272 e.